The van der Waals surface area contributed by atoms with Crippen LogP contribution in [0.25, 0.3) is 0 Å². The predicted octanol–water partition coefficient (Wildman–Crippen LogP) is 2.74. The smallest absolute Gasteiger partial charge is 0.183 e. The second-order valence-electron chi connectivity index (χ2n) is 6.00. The van der Waals surface area contributed by atoms with Crippen molar-refractivity contribution in [3.8, 4) is 6.19 Å². The van der Waals surface area contributed by atoms with Crippen molar-refractivity contribution in [2.45, 2.75) is 44.1 Å². The number of nitrogens with zero attached hydrogens (tertiary/aromatic N) is 2. The van der Waals surface area contributed by atoms with Gasteiger partial charge in [-0.05, 0) is 62.5 Å². The molecular weight excluding hydrogens is 230 g/mol. The van der Waals surface area contributed by atoms with Gasteiger partial charge in [-0.2, -0.15) is 5.26 Å². The summed E-state index contributed by atoms with van der Waals surface area (Å²) in [6.45, 7) is 0. The molecule has 3 nitrogen and oxygen atoms in total. The van der Waals surface area contributed by atoms with Crippen LogP contribution in [0.3, 0.4) is 0 Å². The van der Waals surface area contributed by atoms with Gasteiger partial charge in [0.25, 0.3) is 0 Å². The minimum absolute atomic E-state index is 0.178. The van der Waals surface area contributed by atoms with Gasteiger partial charge in [0.15, 0.2) is 11.4 Å². The number of nitrogens with one attached hydrogen (secondary N) is 1. The van der Waals surface area contributed by atoms with Crippen LogP contribution < -0.4 is 5.32 Å². The first-order valence-electron chi connectivity index (χ1n) is 6.52. The van der Waals surface area contributed by atoms with Crippen LogP contribution in [-0.2, 0) is 0 Å². The lowest BCUT2D eigenvalue weighted by Crippen LogP contribution is -2.50. The lowest BCUT2D eigenvalue weighted by atomic mass is 9.53. The van der Waals surface area contributed by atoms with Crippen LogP contribution in [0.1, 0.15) is 38.5 Å². The molecule has 4 fully saturated rings. The Morgan fingerprint density at radius 3 is 2.18 bits per heavy atom. The van der Waals surface area contributed by atoms with Crippen LogP contribution in [-0.4, -0.2) is 17.0 Å². The first-order valence-corrected chi connectivity index (χ1v) is 7.74. The van der Waals surface area contributed by atoms with E-state index >= 15 is 0 Å². The Hall–Kier alpha value is -0.690. The molecule has 0 aromatic heterocycles. The van der Waals surface area contributed by atoms with E-state index < -0.39 is 0 Å². The Morgan fingerprint density at radius 1 is 1.24 bits per heavy atom. The summed E-state index contributed by atoms with van der Waals surface area (Å²) in [4.78, 5) is 4.92. The van der Waals surface area contributed by atoms with Gasteiger partial charge in [-0.25, -0.2) is 0 Å². The molecule has 0 heterocycles. The molecule has 1 N–H and O–H groups in total. The summed E-state index contributed by atoms with van der Waals surface area (Å²) in [6.07, 6.45) is 12.1. The van der Waals surface area contributed by atoms with E-state index in [-0.39, 0.29) is 5.54 Å². The zero-order valence-corrected chi connectivity index (χ0v) is 11.1. The van der Waals surface area contributed by atoms with Crippen LogP contribution in [0.5, 0.6) is 0 Å². The summed E-state index contributed by atoms with van der Waals surface area (Å²) in [6, 6.07) is 0. The van der Waals surface area contributed by atoms with Crippen molar-refractivity contribution < 1.29 is 0 Å². The maximum Gasteiger partial charge on any atom is 0.183 e. The van der Waals surface area contributed by atoms with Gasteiger partial charge < -0.3 is 0 Å². The van der Waals surface area contributed by atoms with E-state index in [4.69, 9.17) is 10.3 Å². The van der Waals surface area contributed by atoms with E-state index in [0.29, 0.717) is 0 Å². The molecule has 0 spiro atoms. The van der Waals surface area contributed by atoms with Crippen molar-refractivity contribution in [2.24, 2.45) is 22.7 Å². The largest absolute Gasteiger partial charge is 0.272 e. The van der Waals surface area contributed by atoms with Gasteiger partial charge in [0.1, 0.15) is 0 Å². The molecule has 0 saturated heterocycles. The summed E-state index contributed by atoms with van der Waals surface area (Å²) in [5, 5.41) is 12.3. The van der Waals surface area contributed by atoms with E-state index in [9.17, 15) is 0 Å². The molecule has 0 aliphatic heterocycles. The Morgan fingerprint density at radius 2 is 1.76 bits per heavy atom. The standard InChI is InChI=1S/C13H19N3S/c1-17-12(15-8-14)16-13-5-9-2-10(6-13)4-11(3-9)7-13/h9-11H,2-7H2,1H3,(H,15,16). The second-order valence-corrected chi connectivity index (χ2v) is 6.79. The maximum atomic E-state index is 8.73. The van der Waals surface area contributed by atoms with Gasteiger partial charge in [0.2, 0.25) is 0 Å². The van der Waals surface area contributed by atoms with Crippen LogP contribution in [0, 0.1) is 29.2 Å². The number of amidine groups is 1. The molecule has 0 aromatic rings. The van der Waals surface area contributed by atoms with Crippen LogP contribution in [0.15, 0.2) is 4.99 Å². The Labute approximate surface area is 107 Å². The molecule has 0 unspecified atom stereocenters. The monoisotopic (exact) mass is 249 g/mol. The average Bonchev–Trinajstić information content (AvgIpc) is 2.26. The zero-order valence-electron chi connectivity index (χ0n) is 10.3. The van der Waals surface area contributed by atoms with Gasteiger partial charge in [0, 0.05) is 0 Å². The van der Waals surface area contributed by atoms with Crippen molar-refractivity contribution in [1.29, 1.82) is 5.26 Å². The molecule has 4 aliphatic rings. The fraction of sp³-hybridized carbons (Fsp3) is 0.846. The summed E-state index contributed by atoms with van der Waals surface area (Å²) in [7, 11) is 0. The SMILES string of the molecule is CSC(=NC12CC3CC(CC(C3)C1)C2)NC#N. The van der Waals surface area contributed by atoms with Crippen molar-refractivity contribution in [3.63, 3.8) is 0 Å². The molecule has 4 heteroatoms. The number of thioether (sulfide) groups is 1. The maximum absolute atomic E-state index is 8.73. The number of hydrogen-bond donors (Lipinski definition) is 1. The number of nitriles is 1. The predicted molar refractivity (Wildman–Crippen MR) is 70.6 cm³/mol. The van der Waals surface area contributed by atoms with Crippen molar-refractivity contribution in [3.05, 3.63) is 0 Å². The fourth-order valence-electron chi connectivity index (χ4n) is 4.59. The molecule has 0 atom stereocenters. The van der Waals surface area contributed by atoms with Gasteiger partial charge in [0.05, 0.1) is 5.54 Å². The quantitative estimate of drug-likeness (QED) is 0.336. The minimum Gasteiger partial charge on any atom is -0.272 e. The Bertz CT molecular complexity index is 347. The summed E-state index contributed by atoms with van der Waals surface area (Å²) < 4.78 is 0. The third kappa shape index (κ3) is 2.06. The molecule has 0 aromatic carbocycles. The topological polar surface area (TPSA) is 48.2 Å². The van der Waals surface area contributed by atoms with E-state index in [1.165, 1.54) is 38.5 Å². The van der Waals surface area contributed by atoms with Crippen molar-refractivity contribution >= 4 is 16.9 Å². The van der Waals surface area contributed by atoms with E-state index in [1.807, 2.05) is 12.4 Å². The normalized spacial score (nSPS) is 43.5. The first kappa shape index (κ1) is 11.4. The Balaban J connectivity index is 1.84. The third-order valence-corrected chi connectivity index (χ3v) is 5.28. The van der Waals surface area contributed by atoms with Gasteiger partial charge >= 0.3 is 0 Å². The minimum atomic E-state index is 0.178. The molecule has 92 valence electrons. The summed E-state index contributed by atoms with van der Waals surface area (Å²) >= 11 is 1.56. The number of aliphatic imine (C=N–C) groups is 1. The number of rotatable bonds is 1. The van der Waals surface area contributed by atoms with Crippen LogP contribution in [0.4, 0.5) is 0 Å². The highest BCUT2D eigenvalue weighted by Gasteiger charge is 2.51. The lowest BCUT2D eigenvalue weighted by molar-refractivity contribution is 0.00173. The number of hydrogen-bond acceptors (Lipinski definition) is 3. The summed E-state index contributed by atoms with van der Waals surface area (Å²) in [5.41, 5.74) is 0.178. The molecular formula is C13H19N3S. The fourth-order valence-corrected chi connectivity index (χ4v) is 5.02. The first-order chi connectivity index (χ1) is 8.23. The highest BCUT2D eigenvalue weighted by atomic mass is 32.2. The zero-order chi connectivity index (χ0) is 11.9. The average molecular weight is 249 g/mol. The second kappa shape index (κ2) is 4.20. The molecule has 17 heavy (non-hydrogen) atoms. The molecule has 4 rings (SSSR count). The highest BCUT2D eigenvalue weighted by Crippen LogP contribution is 2.57. The molecule has 4 bridgehead atoms. The van der Waals surface area contributed by atoms with E-state index in [2.05, 4.69) is 5.32 Å². The van der Waals surface area contributed by atoms with Gasteiger partial charge in [-0.15, -0.1) is 0 Å². The summed E-state index contributed by atoms with van der Waals surface area (Å²) in [5.74, 6) is 2.74. The van der Waals surface area contributed by atoms with Crippen LogP contribution in [0.2, 0.25) is 0 Å². The molecule has 0 amide bonds. The highest BCUT2D eigenvalue weighted by molar-refractivity contribution is 8.13. The Kier molecular flexibility index (Phi) is 2.82. The molecule has 4 aliphatic carbocycles. The van der Waals surface area contributed by atoms with Gasteiger partial charge in [-0.1, -0.05) is 11.8 Å². The third-order valence-electron chi connectivity index (χ3n) is 4.70. The van der Waals surface area contributed by atoms with E-state index in [1.54, 1.807) is 11.8 Å². The lowest BCUT2D eigenvalue weighted by Gasteiger charge is -2.55. The van der Waals surface area contributed by atoms with Gasteiger partial charge in [-0.3, -0.25) is 10.3 Å². The van der Waals surface area contributed by atoms with Crippen molar-refractivity contribution in [1.82, 2.24) is 5.32 Å². The van der Waals surface area contributed by atoms with Crippen molar-refractivity contribution in [2.75, 3.05) is 6.26 Å². The molecule has 0 radical (unpaired) electrons. The van der Waals surface area contributed by atoms with E-state index in [0.717, 1.165) is 22.9 Å². The molecule has 4 saturated carbocycles. The van der Waals surface area contributed by atoms with Crippen LogP contribution >= 0.6 is 11.8 Å².